The van der Waals surface area contributed by atoms with E-state index in [2.05, 4.69) is 15.4 Å². The zero-order valence-electron chi connectivity index (χ0n) is 18.3. The molecule has 8 heteroatoms. The number of para-hydroxylation sites is 2. The summed E-state index contributed by atoms with van der Waals surface area (Å²) < 4.78 is 0. The molecule has 0 radical (unpaired) electrons. The van der Waals surface area contributed by atoms with Crippen molar-refractivity contribution >= 4 is 51.3 Å². The predicted octanol–water partition coefficient (Wildman–Crippen LogP) is 4.40. The lowest BCUT2D eigenvalue weighted by Gasteiger charge is -2.15. The van der Waals surface area contributed by atoms with Crippen LogP contribution in [0.3, 0.4) is 0 Å². The van der Waals surface area contributed by atoms with E-state index in [0.29, 0.717) is 34.1 Å². The summed E-state index contributed by atoms with van der Waals surface area (Å²) in [6.45, 7) is 3.95. The number of pyridine rings is 1. The molecule has 3 amide bonds. The van der Waals surface area contributed by atoms with Gasteiger partial charge < -0.3 is 4.98 Å². The summed E-state index contributed by atoms with van der Waals surface area (Å²) in [5.74, 6) is -1.41. The fraction of sp³-hybridized carbons (Fsp3) is 0.200. The fourth-order valence-corrected chi connectivity index (χ4v) is 5.22. The maximum Gasteiger partial charge on any atom is 0.282 e. The highest BCUT2D eigenvalue weighted by atomic mass is 32.2. The monoisotopic (exact) mass is 458 g/mol. The number of carbonyl (C=O) groups excluding carboxylic acids is 3. The molecule has 2 N–H and O–H groups in total. The SMILES string of the molecule is CCCc1nc2ccccc2c2c1C(=O)N(NC(=O)CSc1c(C)[nH]c3ccccc13)C2=O. The maximum absolute atomic E-state index is 13.2. The number of benzene rings is 2. The van der Waals surface area contributed by atoms with E-state index in [1.165, 1.54) is 11.8 Å². The Hall–Kier alpha value is -3.65. The standard InChI is InChI=1S/C25H22N4O3S/c1-3-8-19-22-21(15-9-4-6-11-17(15)27-19)24(31)29(25(22)32)28-20(30)13-33-23-14(2)26-18-12-7-5-10-16(18)23/h4-7,9-12,26H,3,8,13H2,1-2H3,(H,28,30). The average Bonchev–Trinajstić information content (AvgIpc) is 3.26. The number of hydrogen-bond donors (Lipinski definition) is 2. The summed E-state index contributed by atoms with van der Waals surface area (Å²) in [4.78, 5) is 48.1. The molecule has 0 saturated heterocycles. The predicted molar refractivity (Wildman–Crippen MR) is 128 cm³/mol. The van der Waals surface area contributed by atoms with Gasteiger partial charge in [-0.1, -0.05) is 49.7 Å². The Kier molecular flexibility index (Phi) is 5.38. The quantitative estimate of drug-likeness (QED) is 0.330. The van der Waals surface area contributed by atoms with Crippen LogP contribution in [0.15, 0.2) is 53.4 Å². The molecule has 0 unspecified atom stereocenters. The average molecular weight is 459 g/mol. The van der Waals surface area contributed by atoms with Gasteiger partial charge in [-0.25, -0.2) is 0 Å². The summed E-state index contributed by atoms with van der Waals surface area (Å²) in [5.41, 5.74) is 6.36. The van der Waals surface area contributed by atoms with Gasteiger partial charge in [0.1, 0.15) is 0 Å². The van der Waals surface area contributed by atoms with Crippen LogP contribution in [0.25, 0.3) is 21.8 Å². The Morgan fingerprint density at radius 2 is 1.73 bits per heavy atom. The number of hydrogen-bond acceptors (Lipinski definition) is 5. The Balaban J connectivity index is 1.39. The molecule has 0 aliphatic carbocycles. The molecule has 0 fully saturated rings. The molecule has 0 spiro atoms. The molecule has 2 aromatic carbocycles. The van der Waals surface area contributed by atoms with Gasteiger partial charge >= 0.3 is 0 Å². The highest BCUT2D eigenvalue weighted by molar-refractivity contribution is 8.00. The number of nitrogens with zero attached hydrogens (tertiary/aromatic N) is 2. The zero-order valence-corrected chi connectivity index (χ0v) is 19.1. The number of thioether (sulfide) groups is 1. The van der Waals surface area contributed by atoms with Gasteiger partial charge in [-0.2, -0.15) is 5.01 Å². The number of rotatable bonds is 6. The molecule has 33 heavy (non-hydrogen) atoms. The lowest BCUT2D eigenvalue weighted by molar-refractivity contribution is -0.121. The van der Waals surface area contributed by atoms with Crippen LogP contribution in [0.2, 0.25) is 0 Å². The van der Waals surface area contributed by atoms with Gasteiger partial charge in [-0.05, 0) is 25.5 Å². The first-order valence-corrected chi connectivity index (χ1v) is 11.8. The van der Waals surface area contributed by atoms with Crippen LogP contribution in [0, 0.1) is 6.92 Å². The highest BCUT2D eigenvalue weighted by Crippen LogP contribution is 2.33. The number of fused-ring (bicyclic) bond motifs is 4. The van der Waals surface area contributed by atoms with Crippen LogP contribution >= 0.6 is 11.8 Å². The summed E-state index contributed by atoms with van der Waals surface area (Å²) in [7, 11) is 0. The molecular formula is C25H22N4O3S. The Bertz CT molecular complexity index is 1440. The third-order valence-corrected chi connectivity index (χ3v) is 6.93. The van der Waals surface area contributed by atoms with Crippen molar-refractivity contribution in [3.8, 4) is 0 Å². The van der Waals surface area contributed by atoms with E-state index >= 15 is 0 Å². The van der Waals surface area contributed by atoms with Gasteiger partial charge in [0, 0.05) is 26.9 Å². The van der Waals surface area contributed by atoms with Crippen molar-refractivity contribution in [2.75, 3.05) is 5.75 Å². The molecule has 4 aromatic rings. The largest absolute Gasteiger partial charge is 0.358 e. The summed E-state index contributed by atoms with van der Waals surface area (Å²) in [6, 6.07) is 15.1. The van der Waals surface area contributed by atoms with Crippen LogP contribution in [-0.4, -0.2) is 38.5 Å². The van der Waals surface area contributed by atoms with Crippen LogP contribution in [-0.2, 0) is 11.2 Å². The second-order valence-corrected chi connectivity index (χ2v) is 8.96. The van der Waals surface area contributed by atoms with E-state index in [4.69, 9.17) is 0 Å². The number of aromatic amines is 1. The van der Waals surface area contributed by atoms with E-state index in [1.54, 1.807) is 6.07 Å². The molecule has 0 bridgehead atoms. The first kappa shape index (κ1) is 21.2. The van der Waals surface area contributed by atoms with Gasteiger partial charge in [0.15, 0.2) is 0 Å². The minimum absolute atomic E-state index is 0.0664. The number of imide groups is 1. The molecule has 1 aliphatic heterocycles. The van der Waals surface area contributed by atoms with Crippen molar-refractivity contribution in [2.24, 2.45) is 0 Å². The van der Waals surface area contributed by atoms with Crippen molar-refractivity contribution in [3.63, 3.8) is 0 Å². The lowest BCUT2D eigenvalue weighted by atomic mass is 10.0. The Labute approximate surface area is 194 Å². The third-order valence-electron chi connectivity index (χ3n) is 5.71. The van der Waals surface area contributed by atoms with Crippen LogP contribution in [0.1, 0.15) is 45.4 Å². The minimum atomic E-state index is -0.529. The number of nitrogens with one attached hydrogen (secondary N) is 2. The first-order chi connectivity index (χ1) is 16.0. The van der Waals surface area contributed by atoms with Crippen molar-refractivity contribution in [1.82, 2.24) is 20.4 Å². The molecule has 1 aliphatic rings. The number of aryl methyl sites for hydroxylation is 2. The van der Waals surface area contributed by atoms with Crippen molar-refractivity contribution < 1.29 is 14.4 Å². The molecule has 166 valence electrons. The normalized spacial score (nSPS) is 13.2. The molecule has 0 saturated carbocycles. The van der Waals surface area contributed by atoms with Gasteiger partial charge in [0.05, 0.1) is 28.1 Å². The smallest absolute Gasteiger partial charge is 0.282 e. The summed E-state index contributed by atoms with van der Waals surface area (Å²) in [5, 5.41) is 2.49. The molecule has 5 rings (SSSR count). The van der Waals surface area contributed by atoms with Gasteiger partial charge in [0.2, 0.25) is 5.91 Å². The second kappa shape index (κ2) is 8.37. The Morgan fingerprint density at radius 3 is 2.52 bits per heavy atom. The maximum atomic E-state index is 13.2. The topological polar surface area (TPSA) is 95.2 Å². The van der Waals surface area contributed by atoms with Gasteiger partial charge in [-0.15, -0.1) is 11.8 Å². The molecule has 0 atom stereocenters. The first-order valence-electron chi connectivity index (χ1n) is 10.8. The highest BCUT2D eigenvalue weighted by Gasteiger charge is 2.40. The zero-order chi connectivity index (χ0) is 23.1. The van der Waals surface area contributed by atoms with Crippen LogP contribution in [0.4, 0.5) is 0 Å². The van der Waals surface area contributed by atoms with E-state index in [1.807, 2.05) is 56.3 Å². The van der Waals surface area contributed by atoms with E-state index in [0.717, 1.165) is 32.9 Å². The Morgan fingerprint density at radius 1 is 1.03 bits per heavy atom. The fourth-order valence-electron chi connectivity index (χ4n) is 4.28. The van der Waals surface area contributed by atoms with E-state index < -0.39 is 17.7 Å². The second-order valence-electron chi connectivity index (χ2n) is 7.97. The minimum Gasteiger partial charge on any atom is -0.358 e. The van der Waals surface area contributed by atoms with Crippen LogP contribution < -0.4 is 5.43 Å². The van der Waals surface area contributed by atoms with E-state index in [9.17, 15) is 14.4 Å². The number of H-pyrrole nitrogens is 1. The van der Waals surface area contributed by atoms with E-state index in [-0.39, 0.29) is 5.75 Å². The third kappa shape index (κ3) is 3.56. The van der Waals surface area contributed by atoms with Gasteiger partial charge in [-0.3, -0.25) is 24.8 Å². The molecule has 7 nitrogen and oxygen atoms in total. The number of hydrazine groups is 1. The number of aromatic nitrogens is 2. The molecular weight excluding hydrogens is 436 g/mol. The van der Waals surface area contributed by atoms with Crippen molar-refractivity contribution in [1.29, 1.82) is 0 Å². The van der Waals surface area contributed by atoms with Crippen molar-refractivity contribution in [3.05, 3.63) is 71.0 Å². The number of amides is 3. The summed E-state index contributed by atoms with van der Waals surface area (Å²) in [6.07, 6.45) is 1.36. The molecule has 3 heterocycles. The lowest BCUT2D eigenvalue weighted by Crippen LogP contribution is -2.46. The number of carbonyl (C=O) groups is 3. The van der Waals surface area contributed by atoms with Crippen LogP contribution in [0.5, 0.6) is 0 Å². The van der Waals surface area contributed by atoms with Gasteiger partial charge in [0.25, 0.3) is 11.8 Å². The molecule has 2 aromatic heterocycles. The van der Waals surface area contributed by atoms with Crippen molar-refractivity contribution in [2.45, 2.75) is 31.6 Å². The summed E-state index contributed by atoms with van der Waals surface area (Å²) >= 11 is 1.37.